The molecule has 0 aliphatic carbocycles. The largest absolute Gasteiger partial charge is 0.465 e. The van der Waals surface area contributed by atoms with Crippen molar-refractivity contribution in [2.24, 2.45) is 0 Å². The van der Waals surface area contributed by atoms with Gasteiger partial charge in [0.25, 0.3) is 5.79 Å². The van der Waals surface area contributed by atoms with Crippen LogP contribution in [0.5, 0.6) is 0 Å². The molecule has 0 saturated carbocycles. The van der Waals surface area contributed by atoms with Crippen molar-refractivity contribution in [1.82, 2.24) is 0 Å². The Bertz CT molecular complexity index is 330. The van der Waals surface area contributed by atoms with E-state index in [0.717, 1.165) is 21.1 Å². The summed E-state index contributed by atoms with van der Waals surface area (Å²) in [5.74, 6) is -3.75. The van der Waals surface area contributed by atoms with Crippen molar-refractivity contribution in [2.75, 3.05) is 20.8 Å². The highest BCUT2D eigenvalue weighted by atomic mass is 16.7. The summed E-state index contributed by atoms with van der Waals surface area (Å²) in [5.41, 5.74) is 0. The van der Waals surface area contributed by atoms with Crippen molar-refractivity contribution in [3.63, 3.8) is 0 Å². The third-order valence-electron chi connectivity index (χ3n) is 2.65. The van der Waals surface area contributed by atoms with Crippen molar-refractivity contribution < 1.29 is 38.7 Å². The molecule has 1 aliphatic heterocycles. The van der Waals surface area contributed by atoms with Crippen LogP contribution in [0.3, 0.4) is 0 Å². The lowest BCUT2D eigenvalue weighted by Gasteiger charge is -2.42. The molecule has 1 heterocycles. The second-order valence-corrected chi connectivity index (χ2v) is 3.76. The van der Waals surface area contributed by atoms with E-state index in [2.05, 4.69) is 4.74 Å². The van der Waals surface area contributed by atoms with E-state index in [1.807, 2.05) is 0 Å². The lowest BCUT2D eigenvalue weighted by molar-refractivity contribution is -0.322. The highest BCUT2D eigenvalue weighted by molar-refractivity contribution is 5.79. The number of hydrogen-bond acceptors (Lipinski definition) is 8. The first-order valence-electron chi connectivity index (χ1n) is 5.20. The average Bonchev–Trinajstić information content (AvgIpc) is 2.34. The molecule has 1 rings (SSSR count). The Hall–Kier alpha value is -1.22. The van der Waals surface area contributed by atoms with E-state index in [0.29, 0.717) is 0 Å². The van der Waals surface area contributed by atoms with Crippen LogP contribution in [0.4, 0.5) is 0 Å². The van der Waals surface area contributed by atoms with Crippen molar-refractivity contribution in [3.05, 3.63) is 0 Å². The molecule has 1 aliphatic rings. The van der Waals surface area contributed by atoms with Gasteiger partial charge in [-0.25, -0.2) is 4.79 Å². The van der Waals surface area contributed by atoms with Crippen LogP contribution in [0.15, 0.2) is 0 Å². The van der Waals surface area contributed by atoms with Gasteiger partial charge < -0.3 is 29.2 Å². The van der Waals surface area contributed by atoms with Gasteiger partial charge in [0.05, 0.1) is 13.7 Å². The molecule has 4 atom stereocenters. The molecule has 1 fully saturated rings. The van der Waals surface area contributed by atoms with E-state index in [9.17, 15) is 19.8 Å². The van der Waals surface area contributed by atoms with Crippen molar-refractivity contribution in [3.8, 4) is 0 Å². The van der Waals surface area contributed by atoms with Gasteiger partial charge in [0.1, 0.15) is 12.2 Å². The Morgan fingerprint density at radius 1 is 1.33 bits per heavy atom. The van der Waals surface area contributed by atoms with Crippen molar-refractivity contribution >= 4 is 11.9 Å². The van der Waals surface area contributed by atoms with Gasteiger partial charge in [0.15, 0.2) is 6.10 Å². The van der Waals surface area contributed by atoms with Gasteiger partial charge >= 0.3 is 11.9 Å². The van der Waals surface area contributed by atoms with Crippen LogP contribution in [0.2, 0.25) is 0 Å². The molecule has 104 valence electrons. The zero-order valence-corrected chi connectivity index (χ0v) is 10.3. The Morgan fingerprint density at radius 2 is 1.94 bits per heavy atom. The molecule has 2 N–H and O–H groups in total. The van der Waals surface area contributed by atoms with E-state index in [4.69, 9.17) is 14.2 Å². The van der Waals surface area contributed by atoms with Gasteiger partial charge in [-0.1, -0.05) is 0 Å². The molecule has 0 aromatic heterocycles. The first-order chi connectivity index (χ1) is 8.39. The number of esters is 2. The van der Waals surface area contributed by atoms with E-state index in [1.165, 1.54) is 0 Å². The van der Waals surface area contributed by atoms with E-state index in [-0.39, 0.29) is 6.61 Å². The van der Waals surface area contributed by atoms with E-state index in [1.54, 1.807) is 0 Å². The van der Waals surface area contributed by atoms with Crippen LogP contribution in [-0.2, 0) is 28.5 Å². The van der Waals surface area contributed by atoms with Crippen LogP contribution in [0, 0.1) is 0 Å². The molecule has 0 spiro atoms. The van der Waals surface area contributed by atoms with Crippen molar-refractivity contribution in [2.45, 2.75) is 31.0 Å². The summed E-state index contributed by atoms with van der Waals surface area (Å²) < 4.78 is 19.1. The molecule has 0 aromatic rings. The number of carbonyl (C=O) groups excluding carboxylic acids is 2. The maximum Gasteiger partial charge on any atom is 0.369 e. The summed E-state index contributed by atoms with van der Waals surface area (Å²) in [6.07, 6.45) is -4.35. The summed E-state index contributed by atoms with van der Waals surface area (Å²) in [6, 6.07) is 0. The average molecular weight is 264 g/mol. The van der Waals surface area contributed by atoms with Gasteiger partial charge in [-0.15, -0.1) is 0 Å². The predicted octanol–water partition coefficient (Wildman–Crippen LogP) is -1.81. The second kappa shape index (κ2) is 5.61. The lowest BCUT2D eigenvalue weighted by atomic mass is 9.96. The number of hydrogen-bond donors (Lipinski definition) is 2. The Kier molecular flexibility index (Phi) is 4.63. The maximum atomic E-state index is 11.6. The summed E-state index contributed by atoms with van der Waals surface area (Å²) in [4.78, 5) is 22.3. The normalized spacial score (nSPS) is 35.9. The van der Waals surface area contributed by atoms with Crippen LogP contribution < -0.4 is 0 Å². The van der Waals surface area contributed by atoms with Crippen LogP contribution in [0.25, 0.3) is 0 Å². The molecule has 18 heavy (non-hydrogen) atoms. The molecule has 8 heteroatoms. The number of ether oxygens (including phenoxy) is 4. The van der Waals surface area contributed by atoms with Crippen LogP contribution in [-0.4, -0.2) is 67.1 Å². The molecule has 0 bridgehead atoms. The minimum atomic E-state index is -2.12. The topological polar surface area (TPSA) is 112 Å². The number of carbonyl (C=O) groups is 2. The SMILES string of the molecule is COC(=O)[C@@]1(OC)OC[C@H](OC(C)=O)[C@@H](O)[C@H]1O. The first kappa shape index (κ1) is 14.8. The fourth-order valence-electron chi connectivity index (χ4n) is 1.72. The molecule has 1 saturated heterocycles. The number of aliphatic hydroxyl groups is 2. The predicted molar refractivity (Wildman–Crippen MR) is 55.3 cm³/mol. The summed E-state index contributed by atoms with van der Waals surface area (Å²) in [7, 11) is 2.21. The molecular weight excluding hydrogens is 248 g/mol. The summed E-state index contributed by atoms with van der Waals surface area (Å²) in [6.45, 7) is 0.846. The number of aliphatic hydroxyl groups excluding tert-OH is 2. The fraction of sp³-hybridized carbons (Fsp3) is 0.800. The number of methoxy groups -OCH3 is 2. The zero-order chi connectivity index (χ0) is 13.9. The van der Waals surface area contributed by atoms with Crippen LogP contribution >= 0.6 is 0 Å². The summed E-state index contributed by atoms with van der Waals surface area (Å²) >= 11 is 0. The molecule has 8 nitrogen and oxygen atoms in total. The van der Waals surface area contributed by atoms with Crippen LogP contribution in [0.1, 0.15) is 6.92 Å². The molecule has 0 aromatic carbocycles. The smallest absolute Gasteiger partial charge is 0.369 e. The summed E-state index contributed by atoms with van der Waals surface area (Å²) in [5, 5.41) is 19.7. The standard InChI is InChI=1S/C10H16O8/c1-5(11)18-6-4-17-10(16-3,9(14)15-2)8(13)7(6)12/h6-8,12-13H,4H2,1-3H3/t6-,7+,8+,10-/m0/s1. The van der Waals surface area contributed by atoms with E-state index >= 15 is 0 Å². The first-order valence-corrected chi connectivity index (χ1v) is 5.20. The Balaban J connectivity index is 2.90. The quantitative estimate of drug-likeness (QED) is 0.573. The minimum Gasteiger partial charge on any atom is -0.465 e. The lowest BCUT2D eigenvalue weighted by Crippen LogP contribution is -2.66. The third kappa shape index (κ3) is 2.46. The molecule has 0 unspecified atom stereocenters. The molecule has 0 amide bonds. The highest BCUT2D eigenvalue weighted by Gasteiger charge is 2.57. The van der Waals surface area contributed by atoms with Gasteiger partial charge in [-0.05, 0) is 0 Å². The number of rotatable bonds is 3. The van der Waals surface area contributed by atoms with Gasteiger partial charge in [-0.2, -0.15) is 0 Å². The second-order valence-electron chi connectivity index (χ2n) is 3.76. The highest BCUT2D eigenvalue weighted by Crippen LogP contribution is 2.29. The third-order valence-corrected chi connectivity index (χ3v) is 2.65. The van der Waals surface area contributed by atoms with Gasteiger partial charge in [0.2, 0.25) is 0 Å². The van der Waals surface area contributed by atoms with Gasteiger partial charge in [0, 0.05) is 14.0 Å². The molecular formula is C10H16O8. The molecule has 0 radical (unpaired) electrons. The Morgan fingerprint density at radius 3 is 2.39 bits per heavy atom. The van der Waals surface area contributed by atoms with Crippen molar-refractivity contribution in [1.29, 1.82) is 0 Å². The monoisotopic (exact) mass is 264 g/mol. The zero-order valence-electron chi connectivity index (χ0n) is 10.3. The minimum absolute atomic E-state index is 0.305. The maximum absolute atomic E-state index is 11.6. The Labute approximate surface area is 103 Å². The fourth-order valence-corrected chi connectivity index (χ4v) is 1.72. The van der Waals surface area contributed by atoms with Gasteiger partial charge in [-0.3, -0.25) is 4.79 Å². The van der Waals surface area contributed by atoms with E-state index < -0.39 is 36.0 Å².